The van der Waals surface area contributed by atoms with Crippen LogP contribution in [0, 0.1) is 6.92 Å². The van der Waals surface area contributed by atoms with Gasteiger partial charge in [-0.1, -0.05) is 36.4 Å². The number of pyridine rings is 1. The Hall–Kier alpha value is -5.32. The van der Waals surface area contributed by atoms with Crippen LogP contribution in [0.1, 0.15) is 49.1 Å². The predicted molar refractivity (Wildman–Crippen MR) is 173 cm³/mol. The van der Waals surface area contributed by atoms with Gasteiger partial charge in [0.15, 0.2) is 6.04 Å². The van der Waals surface area contributed by atoms with Gasteiger partial charge in [0.05, 0.1) is 6.61 Å². The molecule has 4 aromatic rings. The lowest BCUT2D eigenvalue weighted by Crippen LogP contribution is -2.34. The van der Waals surface area contributed by atoms with Gasteiger partial charge in [0.1, 0.15) is 5.60 Å². The first kappa shape index (κ1) is 32.6. The standard InChI is InChI=1S/C34H38N4O7/c1-21-6-12-26(18-25(21)20-38(5)33(43)45-34(2,3)4)37-32(42)44-17-15-22-7-9-24(10-8-22)29(31(40)41)36-27-13-11-23-14-16-35-30(39)28(23)19-27/h6-14,16,18-19,29,36H,15,17,20H2,1-5H3,(H,35,39)(H,37,42)(H,40,41). The Morgan fingerprint density at radius 3 is 2.38 bits per heavy atom. The highest BCUT2D eigenvalue weighted by molar-refractivity contribution is 5.86. The number of aryl methyl sites for hydroxylation is 1. The summed E-state index contributed by atoms with van der Waals surface area (Å²) >= 11 is 0. The molecule has 0 saturated carbocycles. The van der Waals surface area contributed by atoms with Crippen LogP contribution in [0.15, 0.2) is 77.7 Å². The summed E-state index contributed by atoms with van der Waals surface area (Å²) in [6.07, 6.45) is 0.927. The van der Waals surface area contributed by atoms with E-state index < -0.39 is 29.8 Å². The Bertz CT molecular complexity index is 1740. The van der Waals surface area contributed by atoms with Crippen molar-refractivity contribution in [2.75, 3.05) is 24.3 Å². The summed E-state index contributed by atoms with van der Waals surface area (Å²) in [6.45, 7) is 7.76. The first-order chi connectivity index (χ1) is 21.3. The van der Waals surface area contributed by atoms with E-state index in [-0.39, 0.29) is 12.2 Å². The predicted octanol–water partition coefficient (Wildman–Crippen LogP) is 6.23. The third kappa shape index (κ3) is 9.09. The third-order valence-electron chi connectivity index (χ3n) is 6.98. The first-order valence-corrected chi connectivity index (χ1v) is 14.5. The van der Waals surface area contributed by atoms with Crippen LogP contribution in [0.3, 0.4) is 0 Å². The molecule has 0 aliphatic heterocycles. The fourth-order valence-corrected chi connectivity index (χ4v) is 4.60. The monoisotopic (exact) mass is 614 g/mol. The van der Waals surface area contributed by atoms with E-state index >= 15 is 0 Å². The molecular weight excluding hydrogens is 576 g/mol. The molecular formula is C34H38N4O7. The number of nitrogens with one attached hydrogen (secondary N) is 3. The molecule has 1 atom stereocenters. The van der Waals surface area contributed by atoms with Gasteiger partial charge >= 0.3 is 18.2 Å². The molecule has 0 spiro atoms. The van der Waals surface area contributed by atoms with Crippen molar-refractivity contribution in [3.05, 3.63) is 106 Å². The summed E-state index contributed by atoms with van der Waals surface area (Å²) in [5.41, 5.74) is 3.38. The number of carbonyl (C=O) groups is 3. The summed E-state index contributed by atoms with van der Waals surface area (Å²) in [5, 5.41) is 16.8. The average molecular weight is 615 g/mol. The van der Waals surface area contributed by atoms with Crippen LogP contribution in [-0.4, -0.2) is 52.4 Å². The van der Waals surface area contributed by atoms with Gasteiger partial charge in [-0.3, -0.25) is 10.1 Å². The number of H-pyrrole nitrogens is 1. The lowest BCUT2D eigenvalue weighted by Gasteiger charge is -2.25. The van der Waals surface area contributed by atoms with Crippen molar-refractivity contribution in [1.82, 2.24) is 9.88 Å². The Balaban J connectivity index is 1.30. The lowest BCUT2D eigenvalue weighted by molar-refractivity contribution is -0.138. The maximum absolute atomic E-state index is 12.5. The summed E-state index contributed by atoms with van der Waals surface area (Å²) in [5.74, 6) is -1.07. The van der Waals surface area contributed by atoms with E-state index in [1.54, 1.807) is 73.9 Å². The Morgan fingerprint density at radius 1 is 0.978 bits per heavy atom. The molecule has 0 saturated heterocycles. The average Bonchev–Trinajstić information content (AvgIpc) is 2.97. The molecule has 0 aliphatic rings. The second kappa shape index (κ2) is 14.0. The molecule has 0 fully saturated rings. The Labute approximate surface area is 261 Å². The summed E-state index contributed by atoms with van der Waals surface area (Å²) in [7, 11) is 1.65. The summed E-state index contributed by atoms with van der Waals surface area (Å²) in [4.78, 5) is 53.1. The molecule has 1 heterocycles. The highest BCUT2D eigenvalue weighted by Gasteiger charge is 2.21. The minimum Gasteiger partial charge on any atom is -0.479 e. The molecule has 0 bridgehead atoms. The molecule has 2 amide bonds. The molecule has 45 heavy (non-hydrogen) atoms. The minimum absolute atomic E-state index is 0.109. The van der Waals surface area contributed by atoms with Gasteiger partial charge in [-0.05, 0) is 85.7 Å². The lowest BCUT2D eigenvalue weighted by atomic mass is 10.0. The van der Waals surface area contributed by atoms with E-state index in [1.807, 2.05) is 33.8 Å². The number of carbonyl (C=O) groups excluding carboxylic acids is 2. The zero-order valence-electron chi connectivity index (χ0n) is 26.0. The molecule has 1 aromatic heterocycles. The van der Waals surface area contributed by atoms with Crippen molar-refractivity contribution in [1.29, 1.82) is 0 Å². The van der Waals surface area contributed by atoms with Crippen molar-refractivity contribution in [2.45, 2.75) is 52.3 Å². The topological polar surface area (TPSA) is 150 Å². The second-order valence-corrected chi connectivity index (χ2v) is 11.8. The SMILES string of the molecule is Cc1ccc(NC(=O)OCCc2ccc(C(Nc3ccc4cc[nH]c(=O)c4c3)C(=O)O)cc2)cc1CN(C)C(=O)OC(C)(C)C. The van der Waals surface area contributed by atoms with E-state index in [0.29, 0.717) is 35.3 Å². The van der Waals surface area contributed by atoms with E-state index in [2.05, 4.69) is 15.6 Å². The normalized spacial score (nSPS) is 11.8. The number of benzene rings is 3. The van der Waals surface area contributed by atoms with Gasteiger partial charge in [-0.15, -0.1) is 0 Å². The van der Waals surface area contributed by atoms with Crippen molar-refractivity contribution >= 4 is 40.3 Å². The fraction of sp³-hybridized carbons (Fsp3) is 0.294. The van der Waals surface area contributed by atoms with Crippen LogP contribution in [-0.2, 0) is 27.2 Å². The van der Waals surface area contributed by atoms with Crippen LogP contribution >= 0.6 is 0 Å². The molecule has 4 N–H and O–H groups in total. The minimum atomic E-state index is -1.07. The van der Waals surface area contributed by atoms with E-state index in [9.17, 15) is 24.3 Å². The number of anilines is 2. The van der Waals surface area contributed by atoms with Crippen LogP contribution in [0.5, 0.6) is 0 Å². The largest absolute Gasteiger partial charge is 0.479 e. The summed E-state index contributed by atoms with van der Waals surface area (Å²) < 4.78 is 10.8. The fourth-order valence-electron chi connectivity index (χ4n) is 4.60. The first-order valence-electron chi connectivity index (χ1n) is 14.5. The van der Waals surface area contributed by atoms with Crippen LogP contribution in [0.25, 0.3) is 10.8 Å². The highest BCUT2D eigenvalue weighted by Crippen LogP contribution is 2.24. The quantitative estimate of drug-likeness (QED) is 0.164. The van der Waals surface area contributed by atoms with Crippen LogP contribution < -0.4 is 16.2 Å². The number of rotatable bonds is 10. The van der Waals surface area contributed by atoms with E-state index in [0.717, 1.165) is 22.1 Å². The number of aromatic amines is 1. The van der Waals surface area contributed by atoms with E-state index in [1.165, 1.54) is 4.90 Å². The Kier molecular flexibility index (Phi) is 10.1. The van der Waals surface area contributed by atoms with Gasteiger partial charge < -0.3 is 29.8 Å². The second-order valence-electron chi connectivity index (χ2n) is 11.8. The molecule has 1 unspecified atom stereocenters. The number of carboxylic acid groups (broad SMARTS) is 1. The van der Waals surface area contributed by atoms with Crippen molar-refractivity contribution < 1.29 is 29.0 Å². The van der Waals surface area contributed by atoms with Gasteiger partial charge in [-0.2, -0.15) is 0 Å². The number of nitrogens with zero attached hydrogens (tertiary/aromatic N) is 1. The summed E-state index contributed by atoms with van der Waals surface area (Å²) in [6, 6.07) is 18.2. The van der Waals surface area contributed by atoms with Gasteiger partial charge in [0, 0.05) is 43.0 Å². The molecule has 11 nitrogen and oxygen atoms in total. The number of hydrogen-bond acceptors (Lipinski definition) is 7. The van der Waals surface area contributed by atoms with Gasteiger partial charge in [0.2, 0.25) is 0 Å². The molecule has 3 aromatic carbocycles. The van der Waals surface area contributed by atoms with Crippen molar-refractivity contribution in [3.8, 4) is 0 Å². The van der Waals surface area contributed by atoms with Crippen LogP contribution in [0.4, 0.5) is 21.0 Å². The zero-order valence-corrected chi connectivity index (χ0v) is 26.0. The maximum Gasteiger partial charge on any atom is 0.411 e. The molecule has 236 valence electrons. The van der Waals surface area contributed by atoms with Gasteiger partial charge in [0.25, 0.3) is 5.56 Å². The molecule has 4 rings (SSSR count). The van der Waals surface area contributed by atoms with Crippen molar-refractivity contribution in [3.63, 3.8) is 0 Å². The number of carboxylic acids is 1. The Morgan fingerprint density at radius 2 is 1.69 bits per heavy atom. The number of aromatic nitrogens is 1. The van der Waals surface area contributed by atoms with Crippen molar-refractivity contribution in [2.24, 2.45) is 0 Å². The zero-order chi connectivity index (χ0) is 32.7. The molecule has 0 radical (unpaired) electrons. The maximum atomic E-state index is 12.5. The molecule has 11 heteroatoms. The number of ether oxygens (including phenoxy) is 2. The third-order valence-corrected chi connectivity index (χ3v) is 6.98. The molecule has 0 aliphatic carbocycles. The number of amides is 2. The van der Waals surface area contributed by atoms with Gasteiger partial charge in [-0.25, -0.2) is 14.4 Å². The smallest absolute Gasteiger partial charge is 0.411 e. The number of aliphatic carboxylic acids is 1. The van der Waals surface area contributed by atoms with E-state index in [4.69, 9.17) is 9.47 Å². The number of hydrogen-bond donors (Lipinski definition) is 4. The number of fused-ring (bicyclic) bond motifs is 1. The van der Waals surface area contributed by atoms with Crippen LogP contribution in [0.2, 0.25) is 0 Å². The highest BCUT2D eigenvalue weighted by atomic mass is 16.6.